The molecule has 0 saturated heterocycles. The molecule has 0 aliphatic rings. The minimum atomic E-state index is -0.466. The fourth-order valence-corrected chi connectivity index (χ4v) is 1.81. The molecule has 0 aliphatic carbocycles. The summed E-state index contributed by atoms with van der Waals surface area (Å²) in [5.74, 6) is 0.522. The van der Waals surface area contributed by atoms with Gasteiger partial charge in [-0.15, -0.1) is 0 Å². The summed E-state index contributed by atoms with van der Waals surface area (Å²) in [6, 6.07) is 12.0. The van der Waals surface area contributed by atoms with Gasteiger partial charge in [0.05, 0.1) is 17.7 Å². The quantitative estimate of drug-likeness (QED) is 0.630. The Morgan fingerprint density at radius 3 is 2.53 bits per heavy atom. The normalized spacial score (nSPS) is 10.1. The highest BCUT2D eigenvalue weighted by atomic mass is 35.5. The Labute approximate surface area is 116 Å². The van der Waals surface area contributed by atoms with Crippen LogP contribution in [-0.4, -0.2) is 13.1 Å². The predicted octanol–water partition coefficient (Wildman–Crippen LogP) is 3.88. The van der Waals surface area contributed by atoms with Crippen LogP contribution in [0.1, 0.15) is 15.9 Å². The lowest BCUT2D eigenvalue weighted by molar-refractivity contribution is 0.0734. The number of carbonyl (C=O) groups excluding carboxylic acids is 1. The lowest BCUT2D eigenvalue weighted by Gasteiger charge is -2.08. The summed E-state index contributed by atoms with van der Waals surface area (Å²) in [5, 5.41) is 0.398. The molecule has 19 heavy (non-hydrogen) atoms. The zero-order valence-corrected chi connectivity index (χ0v) is 11.4. The Hall–Kier alpha value is -2.00. The summed E-state index contributed by atoms with van der Waals surface area (Å²) in [4.78, 5) is 12.0. The Morgan fingerprint density at radius 2 is 1.84 bits per heavy atom. The van der Waals surface area contributed by atoms with Gasteiger partial charge in [0.2, 0.25) is 0 Å². The number of methoxy groups -OCH3 is 1. The number of ether oxygens (including phenoxy) is 2. The third kappa shape index (κ3) is 3.06. The number of aryl methyl sites for hydroxylation is 1. The first-order chi connectivity index (χ1) is 9.11. The molecule has 0 saturated carbocycles. The van der Waals surface area contributed by atoms with Crippen molar-refractivity contribution in [2.45, 2.75) is 6.92 Å². The van der Waals surface area contributed by atoms with E-state index in [1.165, 1.54) is 0 Å². The minimum absolute atomic E-state index is 0.341. The number of hydrogen-bond donors (Lipinski definition) is 0. The molecule has 2 rings (SSSR count). The van der Waals surface area contributed by atoms with Gasteiger partial charge < -0.3 is 9.47 Å². The van der Waals surface area contributed by atoms with Gasteiger partial charge in [0.25, 0.3) is 0 Å². The maximum atomic E-state index is 12.0. The van der Waals surface area contributed by atoms with Crippen molar-refractivity contribution >= 4 is 17.6 Å². The van der Waals surface area contributed by atoms with Crippen LogP contribution in [0.3, 0.4) is 0 Å². The fourth-order valence-electron chi connectivity index (χ4n) is 1.63. The van der Waals surface area contributed by atoms with Crippen LogP contribution >= 0.6 is 11.6 Å². The first-order valence-corrected chi connectivity index (χ1v) is 6.11. The molecule has 0 radical (unpaired) electrons. The van der Waals surface area contributed by atoms with Gasteiger partial charge in [-0.3, -0.25) is 0 Å². The molecule has 0 aromatic heterocycles. The van der Waals surface area contributed by atoms with E-state index in [1.54, 1.807) is 43.5 Å². The van der Waals surface area contributed by atoms with Gasteiger partial charge in [0.15, 0.2) is 0 Å². The molecule has 0 aliphatic heterocycles. The number of rotatable bonds is 3. The van der Waals surface area contributed by atoms with Gasteiger partial charge in [0, 0.05) is 0 Å². The monoisotopic (exact) mass is 276 g/mol. The standard InChI is InChI=1S/C15H13ClO3/c1-10-7-8-11(9-14(10)18-2)15(17)19-13-6-4-3-5-12(13)16/h3-9H,1-2H3. The van der Waals surface area contributed by atoms with Crippen molar-refractivity contribution in [3.05, 3.63) is 58.6 Å². The summed E-state index contributed by atoms with van der Waals surface area (Å²) >= 11 is 5.94. The lowest BCUT2D eigenvalue weighted by atomic mass is 10.1. The molecule has 2 aromatic carbocycles. The number of halogens is 1. The molecule has 3 nitrogen and oxygen atoms in total. The summed E-state index contributed by atoms with van der Waals surface area (Å²) < 4.78 is 10.4. The van der Waals surface area contributed by atoms with E-state index in [-0.39, 0.29) is 0 Å². The summed E-state index contributed by atoms with van der Waals surface area (Å²) in [7, 11) is 1.56. The molecule has 4 heteroatoms. The number of carbonyl (C=O) groups is 1. The van der Waals surface area contributed by atoms with Crippen molar-refractivity contribution in [3.63, 3.8) is 0 Å². The van der Waals surface area contributed by atoms with Crippen LogP contribution < -0.4 is 9.47 Å². The number of benzene rings is 2. The van der Waals surface area contributed by atoms with Crippen molar-refractivity contribution in [1.29, 1.82) is 0 Å². The molecule has 98 valence electrons. The molecule has 0 fully saturated rings. The van der Waals surface area contributed by atoms with Gasteiger partial charge in [-0.25, -0.2) is 4.79 Å². The average molecular weight is 277 g/mol. The van der Waals surface area contributed by atoms with E-state index in [9.17, 15) is 4.79 Å². The van der Waals surface area contributed by atoms with Crippen molar-refractivity contribution in [3.8, 4) is 11.5 Å². The highest BCUT2D eigenvalue weighted by molar-refractivity contribution is 6.32. The molecule has 2 aromatic rings. The third-order valence-corrected chi connectivity index (χ3v) is 3.00. The zero-order valence-electron chi connectivity index (χ0n) is 10.6. The highest BCUT2D eigenvalue weighted by Gasteiger charge is 2.12. The van der Waals surface area contributed by atoms with E-state index >= 15 is 0 Å². The SMILES string of the molecule is COc1cc(C(=O)Oc2ccccc2Cl)ccc1C. The van der Waals surface area contributed by atoms with Gasteiger partial charge in [-0.2, -0.15) is 0 Å². The zero-order chi connectivity index (χ0) is 13.8. The van der Waals surface area contributed by atoms with Crippen LogP contribution in [-0.2, 0) is 0 Å². The van der Waals surface area contributed by atoms with Crippen molar-refractivity contribution in [2.24, 2.45) is 0 Å². The average Bonchev–Trinajstić information content (AvgIpc) is 2.42. The van der Waals surface area contributed by atoms with Crippen LogP contribution in [0.5, 0.6) is 11.5 Å². The van der Waals surface area contributed by atoms with E-state index in [0.717, 1.165) is 5.56 Å². The molecule has 0 unspecified atom stereocenters. The first-order valence-electron chi connectivity index (χ1n) is 5.73. The van der Waals surface area contributed by atoms with Gasteiger partial charge in [-0.05, 0) is 36.8 Å². The number of esters is 1. The van der Waals surface area contributed by atoms with Crippen LogP contribution in [0, 0.1) is 6.92 Å². The fraction of sp³-hybridized carbons (Fsp3) is 0.133. The van der Waals surface area contributed by atoms with Gasteiger partial charge in [0.1, 0.15) is 11.5 Å². The van der Waals surface area contributed by atoms with Gasteiger partial charge >= 0.3 is 5.97 Å². The summed E-state index contributed by atoms with van der Waals surface area (Å²) in [5.41, 5.74) is 1.37. The number of para-hydroxylation sites is 1. The van der Waals surface area contributed by atoms with E-state index in [1.807, 2.05) is 13.0 Å². The van der Waals surface area contributed by atoms with Crippen molar-refractivity contribution in [1.82, 2.24) is 0 Å². The second-order valence-corrected chi connectivity index (χ2v) is 4.41. The Kier molecular flexibility index (Phi) is 4.07. The van der Waals surface area contributed by atoms with Crippen LogP contribution in [0.25, 0.3) is 0 Å². The van der Waals surface area contributed by atoms with Crippen molar-refractivity contribution < 1.29 is 14.3 Å². The second kappa shape index (κ2) is 5.76. The van der Waals surface area contributed by atoms with Gasteiger partial charge in [-0.1, -0.05) is 29.8 Å². The minimum Gasteiger partial charge on any atom is -0.496 e. The third-order valence-electron chi connectivity index (χ3n) is 2.68. The summed E-state index contributed by atoms with van der Waals surface area (Å²) in [6.45, 7) is 1.90. The van der Waals surface area contributed by atoms with E-state index in [4.69, 9.17) is 21.1 Å². The van der Waals surface area contributed by atoms with Crippen LogP contribution in [0.4, 0.5) is 0 Å². The Morgan fingerprint density at radius 1 is 1.11 bits per heavy atom. The predicted molar refractivity (Wildman–Crippen MR) is 74.1 cm³/mol. The molecule has 0 N–H and O–H groups in total. The molecular formula is C15H13ClO3. The molecule has 0 amide bonds. The molecule has 0 heterocycles. The van der Waals surface area contributed by atoms with E-state index in [0.29, 0.717) is 22.1 Å². The topological polar surface area (TPSA) is 35.5 Å². The van der Waals surface area contributed by atoms with Crippen LogP contribution in [0.2, 0.25) is 5.02 Å². The first kappa shape index (κ1) is 13.4. The maximum absolute atomic E-state index is 12.0. The Bertz CT molecular complexity index is 608. The number of hydrogen-bond acceptors (Lipinski definition) is 3. The highest BCUT2D eigenvalue weighted by Crippen LogP contribution is 2.25. The molecule has 0 spiro atoms. The Balaban J connectivity index is 2.23. The largest absolute Gasteiger partial charge is 0.496 e. The van der Waals surface area contributed by atoms with E-state index < -0.39 is 5.97 Å². The molecule has 0 bridgehead atoms. The van der Waals surface area contributed by atoms with E-state index in [2.05, 4.69) is 0 Å². The lowest BCUT2D eigenvalue weighted by Crippen LogP contribution is -2.09. The molecule has 0 atom stereocenters. The second-order valence-electron chi connectivity index (χ2n) is 4.00. The van der Waals surface area contributed by atoms with Crippen LogP contribution in [0.15, 0.2) is 42.5 Å². The summed E-state index contributed by atoms with van der Waals surface area (Å²) in [6.07, 6.45) is 0. The maximum Gasteiger partial charge on any atom is 0.343 e. The van der Waals surface area contributed by atoms with Crippen molar-refractivity contribution in [2.75, 3.05) is 7.11 Å². The smallest absolute Gasteiger partial charge is 0.343 e. The molecular weight excluding hydrogens is 264 g/mol.